The van der Waals surface area contributed by atoms with E-state index in [-0.39, 0.29) is 0 Å². The lowest BCUT2D eigenvalue weighted by atomic mass is 10.1. The van der Waals surface area contributed by atoms with Crippen molar-refractivity contribution < 1.29 is 4.74 Å². The molecule has 2 heteroatoms. The average Bonchev–Trinajstić information content (AvgIpc) is 2.52. The Morgan fingerprint density at radius 2 is 1.65 bits per heavy atom. The predicted molar refractivity (Wildman–Crippen MR) is 82.6 cm³/mol. The Hall–Kier alpha value is -2.24. The molecule has 0 radical (unpaired) electrons. The largest absolute Gasteiger partial charge is 0.497 e. The number of methoxy groups -OCH3 is 1. The summed E-state index contributed by atoms with van der Waals surface area (Å²) < 4.78 is 5.12. The molecule has 0 heterocycles. The van der Waals surface area contributed by atoms with Crippen LogP contribution in [0.4, 0.5) is 0 Å². The van der Waals surface area contributed by atoms with Gasteiger partial charge in [0.25, 0.3) is 0 Å². The fraction of sp³-hybridized carbons (Fsp3) is 0.222. The van der Waals surface area contributed by atoms with Crippen molar-refractivity contribution >= 4 is 0 Å². The van der Waals surface area contributed by atoms with Gasteiger partial charge in [-0.15, -0.1) is 0 Å². The zero-order valence-corrected chi connectivity index (χ0v) is 11.7. The SMILES string of the molecule is COc1ccc(CC#CCNCc2ccccc2)cc1. The molecule has 0 fully saturated rings. The molecule has 0 aliphatic heterocycles. The molecular formula is C18H19NO. The van der Waals surface area contributed by atoms with Crippen molar-refractivity contribution in [2.24, 2.45) is 0 Å². The van der Waals surface area contributed by atoms with Gasteiger partial charge in [-0.1, -0.05) is 54.3 Å². The fourth-order valence-electron chi connectivity index (χ4n) is 1.84. The van der Waals surface area contributed by atoms with Gasteiger partial charge in [0, 0.05) is 13.0 Å². The minimum absolute atomic E-state index is 0.713. The Bertz CT molecular complexity index is 564. The summed E-state index contributed by atoms with van der Waals surface area (Å²) in [6.07, 6.45) is 0.775. The molecule has 2 aromatic rings. The highest BCUT2D eigenvalue weighted by molar-refractivity contribution is 5.29. The highest BCUT2D eigenvalue weighted by atomic mass is 16.5. The molecule has 1 N–H and O–H groups in total. The third-order valence-electron chi connectivity index (χ3n) is 2.96. The van der Waals surface area contributed by atoms with Gasteiger partial charge < -0.3 is 10.1 Å². The third kappa shape index (κ3) is 4.79. The van der Waals surface area contributed by atoms with Crippen LogP contribution in [-0.4, -0.2) is 13.7 Å². The highest BCUT2D eigenvalue weighted by Crippen LogP contribution is 2.11. The van der Waals surface area contributed by atoms with Crippen molar-refractivity contribution in [1.29, 1.82) is 0 Å². The van der Waals surface area contributed by atoms with E-state index >= 15 is 0 Å². The summed E-state index contributed by atoms with van der Waals surface area (Å²) in [7, 11) is 1.67. The molecule has 20 heavy (non-hydrogen) atoms. The van der Waals surface area contributed by atoms with E-state index < -0.39 is 0 Å². The summed E-state index contributed by atoms with van der Waals surface area (Å²) in [4.78, 5) is 0. The lowest BCUT2D eigenvalue weighted by molar-refractivity contribution is 0.414. The summed E-state index contributed by atoms with van der Waals surface area (Å²) in [5, 5.41) is 3.31. The summed E-state index contributed by atoms with van der Waals surface area (Å²) in [5.74, 6) is 7.19. The second-order valence-electron chi connectivity index (χ2n) is 4.47. The normalized spacial score (nSPS) is 9.65. The van der Waals surface area contributed by atoms with Crippen molar-refractivity contribution in [2.45, 2.75) is 13.0 Å². The quantitative estimate of drug-likeness (QED) is 0.663. The predicted octanol–water partition coefficient (Wildman–Crippen LogP) is 3.03. The zero-order valence-electron chi connectivity index (χ0n) is 11.7. The first-order valence-corrected chi connectivity index (χ1v) is 6.72. The Balaban J connectivity index is 1.69. The first-order valence-electron chi connectivity index (χ1n) is 6.72. The molecule has 0 spiro atoms. The minimum atomic E-state index is 0.713. The minimum Gasteiger partial charge on any atom is -0.497 e. The molecular weight excluding hydrogens is 246 g/mol. The average molecular weight is 265 g/mol. The summed E-state index contributed by atoms with van der Waals surface area (Å²) in [5.41, 5.74) is 2.49. The molecule has 0 atom stereocenters. The maximum atomic E-state index is 5.12. The molecule has 0 amide bonds. The van der Waals surface area contributed by atoms with Crippen LogP contribution in [0.5, 0.6) is 5.75 Å². The van der Waals surface area contributed by atoms with E-state index in [1.165, 1.54) is 11.1 Å². The fourth-order valence-corrected chi connectivity index (χ4v) is 1.84. The molecule has 0 aliphatic carbocycles. The molecule has 0 saturated heterocycles. The first kappa shape index (κ1) is 14.2. The Morgan fingerprint density at radius 1 is 0.900 bits per heavy atom. The van der Waals surface area contributed by atoms with Gasteiger partial charge >= 0.3 is 0 Å². The van der Waals surface area contributed by atoms with Crippen LogP contribution in [0.2, 0.25) is 0 Å². The maximum Gasteiger partial charge on any atom is 0.118 e. The van der Waals surface area contributed by atoms with Crippen molar-refractivity contribution in [1.82, 2.24) is 5.32 Å². The second-order valence-corrected chi connectivity index (χ2v) is 4.47. The molecule has 0 saturated carbocycles. The Labute approximate surface area is 120 Å². The van der Waals surface area contributed by atoms with E-state index in [1.54, 1.807) is 7.11 Å². The van der Waals surface area contributed by atoms with Gasteiger partial charge in [0.1, 0.15) is 5.75 Å². The van der Waals surface area contributed by atoms with Gasteiger partial charge in [0.2, 0.25) is 0 Å². The number of benzene rings is 2. The lowest BCUT2D eigenvalue weighted by Gasteiger charge is -2.00. The third-order valence-corrected chi connectivity index (χ3v) is 2.96. The van der Waals surface area contributed by atoms with Gasteiger partial charge in [-0.2, -0.15) is 0 Å². The van der Waals surface area contributed by atoms with Gasteiger partial charge in [-0.05, 0) is 23.3 Å². The number of nitrogens with one attached hydrogen (secondary N) is 1. The molecule has 2 rings (SSSR count). The summed E-state index contributed by atoms with van der Waals surface area (Å²) >= 11 is 0. The standard InChI is InChI=1S/C18H19NO/c1-20-18-12-10-16(11-13-18)7-5-6-14-19-15-17-8-3-2-4-9-17/h2-4,8-13,19H,7,14-15H2,1H3. The van der Waals surface area contributed by atoms with Gasteiger partial charge in [-0.25, -0.2) is 0 Å². The van der Waals surface area contributed by atoms with Crippen molar-refractivity contribution in [2.75, 3.05) is 13.7 Å². The molecule has 0 aromatic heterocycles. The van der Waals surface area contributed by atoms with E-state index in [9.17, 15) is 0 Å². The molecule has 2 aromatic carbocycles. The molecule has 102 valence electrons. The number of hydrogen-bond donors (Lipinski definition) is 1. The van der Waals surface area contributed by atoms with Crippen LogP contribution in [0.15, 0.2) is 54.6 Å². The van der Waals surface area contributed by atoms with Crippen LogP contribution in [0.3, 0.4) is 0 Å². The first-order chi connectivity index (χ1) is 9.88. The van der Waals surface area contributed by atoms with E-state index in [4.69, 9.17) is 4.74 Å². The van der Waals surface area contributed by atoms with Crippen LogP contribution >= 0.6 is 0 Å². The zero-order chi connectivity index (χ0) is 14.0. The maximum absolute atomic E-state index is 5.12. The van der Waals surface area contributed by atoms with Gasteiger partial charge in [0.15, 0.2) is 0 Å². The number of ether oxygens (including phenoxy) is 1. The van der Waals surface area contributed by atoms with E-state index in [0.29, 0.717) is 6.54 Å². The van der Waals surface area contributed by atoms with E-state index in [2.05, 4.69) is 29.3 Å². The molecule has 2 nitrogen and oxygen atoms in total. The summed E-state index contributed by atoms with van der Waals surface area (Å²) in [6.45, 7) is 1.57. The molecule has 0 bridgehead atoms. The topological polar surface area (TPSA) is 21.3 Å². The molecule has 0 unspecified atom stereocenters. The smallest absolute Gasteiger partial charge is 0.118 e. The van der Waals surface area contributed by atoms with Crippen LogP contribution in [0.1, 0.15) is 11.1 Å². The van der Waals surface area contributed by atoms with Gasteiger partial charge in [-0.3, -0.25) is 0 Å². The van der Waals surface area contributed by atoms with Crippen LogP contribution in [0.25, 0.3) is 0 Å². The Kier molecular flexibility index (Phi) is 5.70. The monoisotopic (exact) mass is 265 g/mol. The van der Waals surface area contributed by atoms with Crippen molar-refractivity contribution in [3.63, 3.8) is 0 Å². The summed E-state index contributed by atoms with van der Waals surface area (Å²) in [6, 6.07) is 18.4. The van der Waals surface area contributed by atoms with Gasteiger partial charge in [0.05, 0.1) is 13.7 Å². The van der Waals surface area contributed by atoms with Crippen molar-refractivity contribution in [3.05, 3.63) is 65.7 Å². The van der Waals surface area contributed by atoms with E-state index in [0.717, 1.165) is 18.7 Å². The van der Waals surface area contributed by atoms with Crippen LogP contribution < -0.4 is 10.1 Å². The molecule has 0 aliphatic rings. The Morgan fingerprint density at radius 3 is 2.35 bits per heavy atom. The number of rotatable bonds is 5. The second kappa shape index (κ2) is 8.04. The van der Waals surface area contributed by atoms with E-state index in [1.807, 2.05) is 42.5 Å². The van der Waals surface area contributed by atoms with Crippen molar-refractivity contribution in [3.8, 4) is 17.6 Å². The van der Waals surface area contributed by atoms with Crippen LogP contribution in [-0.2, 0) is 13.0 Å². The lowest BCUT2D eigenvalue weighted by Crippen LogP contribution is -2.12. The highest BCUT2D eigenvalue weighted by Gasteiger charge is 1.91. The number of hydrogen-bond acceptors (Lipinski definition) is 2. The van der Waals surface area contributed by atoms with Crippen LogP contribution in [0, 0.1) is 11.8 Å².